The van der Waals surface area contributed by atoms with Crippen LogP contribution in [0.3, 0.4) is 0 Å². The zero-order chi connectivity index (χ0) is 10.5. The van der Waals surface area contributed by atoms with Gasteiger partial charge in [0.2, 0.25) is 5.79 Å². The van der Waals surface area contributed by atoms with Gasteiger partial charge in [0.25, 0.3) is 0 Å². The molecule has 0 amide bonds. The molecule has 0 radical (unpaired) electrons. The fourth-order valence-electron chi connectivity index (χ4n) is 1.27. The van der Waals surface area contributed by atoms with E-state index in [-0.39, 0.29) is 10.8 Å². The number of halogens is 2. The molecule has 3 nitrogen and oxygen atoms in total. The molecule has 0 spiro atoms. The van der Waals surface area contributed by atoms with Crippen molar-refractivity contribution in [3.05, 3.63) is 15.6 Å². The smallest absolute Gasteiger partial charge is 0.246 e. The minimum absolute atomic E-state index is 0.0354. The van der Waals surface area contributed by atoms with E-state index >= 15 is 0 Å². The second-order valence-electron chi connectivity index (χ2n) is 3.45. The summed E-state index contributed by atoms with van der Waals surface area (Å²) in [6.45, 7) is 3.56. The van der Waals surface area contributed by atoms with Crippen LogP contribution < -0.4 is 9.47 Å². The number of hydrogen-bond donors (Lipinski definition) is 1. The molecule has 5 heteroatoms. The monoisotopic (exact) mass is 278 g/mol. The van der Waals surface area contributed by atoms with Crippen LogP contribution in [0.4, 0.5) is 0 Å². The van der Waals surface area contributed by atoms with Crippen LogP contribution in [0.5, 0.6) is 17.2 Å². The van der Waals surface area contributed by atoms with Crippen molar-refractivity contribution in [1.29, 1.82) is 0 Å². The Morgan fingerprint density at radius 3 is 2.71 bits per heavy atom. The van der Waals surface area contributed by atoms with Gasteiger partial charge in [-0.2, -0.15) is 0 Å². The topological polar surface area (TPSA) is 38.7 Å². The number of ether oxygens (including phenoxy) is 2. The Bertz CT molecular complexity index is 404. The molecule has 1 aliphatic rings. The quantitative estimate of drug-likeness (QED) is 0.792. The van der Waals surface area contributed by atoms with E-state index < -0.39 is 5.79 Å². The molecular weight excluding hydrogens is 271 g/mol. The first-order valence-corrected chi connectivity index (χ1v) is 5.17. The summed E-state index contributed by atoms with van der Waals surface area (Å²) < 4.78 is 11.4. The molecular formula is C9H8BrClO3. The number of benzene rings is 1. The second kappa shape index (κ2) is 2.94. The van der Waals surface area contributed by atoms with Gasteiger partial charge in [-0.15, -0.1) is 0 Å². The summed E-state index contributed by atoms with van der Waals surface area (Å²) in [5.41, 5.74) is 0. The van der Waals surface area contributed by atoms with Crippen LogP contribution in [0.1, 0.15) is 13.8 Å². The van der Waals surface area contributed by atoms with Crippen LogP contribution in [0.15, 0.2) is 10.5 Å². The third-order valence-electron chi connectivity index (χ3n) is 1.82. The predicted octanol–water partition coefficient (Wildman–Crippen LogP) is 3.32. The molecule has 0 aliphatic carbocycles. The van der Waals surface area contributed by atoms with Crippen LogP contribution >= 0.6 is 27.5 Å². The summed E-state index contributed by atoms with van der Waals surface area (Å²) in [5, 5.41) is 9.76. The van der Waals surface area contributed by atoms with Gasteiger partial charge in [0.1, 0.15) is 4.47 Å². The average molecular weight is 280 g/mol. The minimum atomic E-state index is -0.720. The Balaban J connectivity index is 2.59. The molecule has 14 heavy (non-hydrogen) atoms. The number of phenolic OH excluding ortho intramolecular Hbond substituents is 1. The van der Waals surface area contributed by atoms with Crippen molar-refractivity contribution in [2.75, 3.05) is 0 Å². The molecule has 2 rings (SSSR count). The standard InChI is InChI=1S/C9H8BrClO3/c1-9(2)13-5-3-4(11)7(12)6(10)8(5)14-9/h3,12H,1-2H3. The highest BCUT2D eigenvalue weighted by Crippen LogP contribution is 2.50. The minimum Gasteiger partial charge on any atom is -0.505 e. The molecule has 76 valence electrons. The molecule has 0 fully saturated rings. The molecule has 0 saturated carbocycles. The van der Waals surface area contributed by atoms with Crippen LogP contribution in [-0.2, 0) is 0 Å². The Hall–Kier alpha value is -0.610. The Morgan fingerprint density at radius 2 is 2.07 bits per heavy atom. The Morgan fingerprint density at radius 1 is 1.43 bits per heavy atom. The first-order valence-electron chi connectivity index (χ1n) is 4.00. The van der Waals surface area contributed by atoms with E-state index in [1.165, 1.54) is 6.07 Å². The lowest BCUT2D eigenvalue weighted by Gasteiger charge is -2.16. The maximum Gasteiger partial charge on any atom is 0.246 e. The van der Waals surface area contributed by atoms with Crippen molar-refractivity contribution in [1.82, 2.24) is 0 Å². The fourth-order valence-corrected chi connectivity index (χ4v) is 2.07. The summed E-state index contributed by atoms with van der Waals surface area (Å²) in [5.74, 6) is 0.260. The maximum absolute atomic E-state index is 9.53. The lowest BCUT2D eigenvalue weighted by atomic mass is 10.3. The summed E-state index contributed by atoms with van der Waals surface area (Å²) in [7, 11) is 0. The predicted molar refractivity (Wildman–Crippen MR) is 56.2 cm³/mol. The molecule has 0 bridgehead atoms. The number of fused-ring (bicyclic) bond motifs is 1. The summed E-state index contributed by atoms with van der Waals surface area (Å²) in [4.78, 5) is 0. The first-order chi connectivity index (χ1) is 6.41. The number of phenols is 1. The fraction of sp³-hybridized carbons (Fsp3) is 0.333. The van der Waals surface area contributed by atoms with Gasteiger partial charge in [0, 0.05) is 19.9 Å². The lowest BCUT2D eigenvalue weighted by Crippen LogP contribution is -2.29. The molecule has 1 N–H and O–H groups in total. The van der Waals surface area contributed by atoms with Gasteiger partial charge in [0.05, 0.1) is 5.02 Å². The van der Waals surface area contributed by atoms with Gasteiger partial charge in [0.15, 0.2) is 17.2 Å². The van der Waals surface area contributed by atoms with E-state index in [1.54, 1.807) is 13.8 Å². The first kappa shape index (κ1) is 9.93. The number of hydrogen-bond acceptors (Lipinski definition) is 3. The third kappa shape index (κ3) is 1.42. The molecule has 1 aromatic carbocycles. The van der Waals surface area contributed by atoms with Crippen LogP contribution in [0, 0.1) is 0 Å². The van der Waals surface area contributed by atoms with Crippen molar-refractivity contribution in [3.8, 4) is 17.2 Å². The van der Waals surface area contributed by atoms with Crippen molar-refractivity contribution in [2.24, 2.45) is 0 Å². The Kier molecular flexibility index (Phi) is 2.08. The van der Waals surface area contributed by atoms with Gasteiger partial charge < -0.3 is 14.6 Å². The van der Waals surface area contributed by atoms with E-state index in [1.807, 2.05) is 0 Å². The summed E-state index contributed by atoms with van der Waals surface area (Å²) in [6, 6.07) is 1.53. The molecule has 1 heterocycles. The van der Waals surface area contributed by atoms with Crippen molar-refractivity contribution < 1.29 is 14.6 Å². The largest absolute Gasteiger partial charge is 0.505 e. The molecule has 0 unspecified atom stereocenters. The van der Waals surface area contributed by atoms with E-state index in [0.29, 0.717) is 16.0 Å². The molecule has 0 aromatic heterocycles. The molecule has 0 atom stereocenters. The van der Waals surface area contributed by atoms with Gasteiger partial charge >= 0.3 is 0 Å². The summed E-state index contributed by atoms with van der Waals surface area (Å²) >= 11 is 8.97. The van der Waals surface area contributed by atoms with Crippen LogP contribution in [0.25, 0.3) is 0 Å². The van der Waals surface area contributed by atoms with E-state index in [9.17, 15) is 5.11 Å². The average Bonchev–Trinajstić information content (AvgIpc) is 2.37. The van der Waals surface area contributed by atoms with E-state index in [4.69, 9.17) is 21.1 Å². The highest BCUT2D eigenvalue weighted by Gasteiger charge is 2.35. The SMILES string of the molecule is CC1(C)Oc2cc(Cl)c(O)c(Br)c2O1. The highest BCUT2D eigenvalue weighted by atomic mass is 79.9. The zero-order valence-electron chi connectivity index (χ0n) is 7.60. The van der Waals surface area contributed by atoms with E-state index in [0.717, 1.165) is 0 Å². The van der Waals surface area contributed by atoms with Gasteiger partial charge in [-0.25, -0.2) is 0 Å². The number of aromatic hydroxyl groups is 1. The molecule has 1 aromatic rings. The van der Waals surface area contributed by atoms with Crippen LogP contribution in [0.2, 0.25) is 5.02 Å². The Labute approximate surface area is 94.7 Å². The van der Waals surface area contributed by atoms with Gasteiger partial charge in [-0.05, 0) is 15.9 Å². The zero-order valence-corrected chi connectivity index (χ0v) is 9.94. The van der Waals surface area contributed by atoms with Gasteiger partial charge in [-0.3, -0.25) is 0 Å². The van der Waals surface area contributed by atoms with Gasteiger partial charge in [-0.1, -0.05) is 11.6 Å². The normalized spacial score (nSPS) is 17.1. The molecule has 0 saturated heterocycles. The highest BCUT2D eigenvalue weighted by molar-refractivity contribution is 9.10. The number of rotatable bonds is 0. The molecule has 1 aliphatic heterocycles. The van der Waals surface area contributed by atoms with Crippen molar-refractivity contribution in [2.45, 2.75) is 19.6 Å². The van der Waals surface area contributed by atoms with E-state index in [2.05, 4.69) is 15.9 Å². The maximum atomic E-state index is 9.53. The second-order valence-corrected chi connectivity index (χ2v) is 4.65. The summed E-state index contributed by atoms with van der Waals surface area (Å²) in [6.07, 6.45) is 0. The third-order valence-corrected chi connectivity index (χ3v) is 2.84. The van der Waals surface area contributed by atoms with Crippen LogP contribution in [-0.4, -0.2) is 10.9 Å². The lowest BCUT2D eigenvalue weighted by molar-refractivity contribution is -0.0434. The van der Waals surface area contributed by atoms with Crippen molar-refractivity contribution in [3.63, 3.8) is 0 Å². The van der Waals surface area contributed by atoms with Crippen molar-refractivity contribution >= 4 is 27.5 Å².